The number of allylic oxidation sites excluding steroid dienone is 1. The molecule has 0 bridgehead atoms. The Kier molecular flexibility index (Phi) is 4.97. The fourth-order valence-electron chi connectivity index (χ4n) is 2.14. The van der Waals surface area contributed by atoms with Gasteiger partial charge in [0.15, 0.2) is 5.11 Å². The van der Waals surface area contributed by atoms with E-state index in [9.17, 15) is 4.79 Å². The number of carbonyl (C=O) groups is 1. The van der Waals surface area contributed by atoms with Crippen LogP contribution in [-0.4, -0.2) is 22.7 Å². The minimum absolute atomic E-state index is 0.303. The van der Waals surface area contributed by atoms with Crippen molar-refractivity contribution >= 4 is 39.2 Å². The first kappa shape index (κ1) is 15.9. The SMILES string of the molecule is CCOC(=O)C1=C(C)N(N)C(=S)N[C@@H]1c1ccc(Br)cc1. The van der Waals surface area contributed by atoms with E-state index in [0.29, 0.717) is 23.0 Å². The summed E-state index contributed by atoms with van der Waals surface area (Å²) < 4.78 is 6.10. The van der Waals surface area contributed by atoms with Crippen LogP contribution in [0.2, 0.25) is 0 Å². The molecule has 0 amide bonds. The maximum Gasteiger partial charge on any atom is 0.338 e. The Balaban J connectivity index is 2.48. The van der Waals surface area contributed by atoms with Crippen LogP contribution in [0.25, 0.3) is 0 Å². The number of carbonyl (C=O) groups excluding carboxylic acids is 1. The molecule has 1 aliphatic rings. The lowest BCUT2D eigenvalue weighted by Gasteiger charge is -2.34. The maximum atomic E-state index is 12.3. The summed E-state index contributed by atoms with van der Waals surface area (Å²) in [7, 11) is 0. The summed E-state index contributed by atoms with van der Waals surface area (Å²) in [6.07, 6.45) is 0. The molecule has 0 radical (unpaired) electrons. The Morgan fingerprint density at radius 1 is 1.48 bits per heavy atom. The van der Waals surface area contributed by atoms with E-state index in [-0.39, 0.29) is 6.04 Å². The van der Waals surface area contributed by atoms with Crippen molar-refractivity contribution in [1.29, 1.82) is 0 Å². The van der Waals surface area contributed by atoms with Gasteiger partial charge in [-0.05, 0) is 43.8 Å². The molecule has 0 fully saturated rings. The van der Waals surface area contributed by atoms with Crippen molar-refractivity contribution in [2.75, 3.05) is 6.61 Å². The third-order valence-electron chi connectivity index (χ3n) is 3.23. The van der Waals surface area contributed by atoms with Gasteiger partial charge >= 0.3 is 5.97 Å². The summed E-state index contributed by atoms with van der Waals surface area (Å²) in [6, 6.07) is 7.29. The molecule has 0 saturated heterocycles. The molecule has 1 aromatic rings. The van der Waals surface area contributed by atoms with Gasteiger partial charge in [-0.1, -0.05) is 28.1 Å². The van der Waals surface area contributed by atoms with Crippen LogP contribution in [0.1, 0.15) is 25.5 Å². The highest BCUT2D eigenvalue weighted by Crippen LogP contribution is 2.30. The summed E-state index contributed by atoms with van der Waals surface area (Å²) in [5.41, 5.74) is 1.97. The number of halogens is 1. The molecule has 2 rings (SSSR count). The van der Waals surface area contributed by atoms with Crippen molar-refractivity contribution in [2.45, 2.75) is 19.9 Å². The molecule has 3 N–H and O–H groups in total. The van der Waals surface area contributed by atoms with E-state index in [1.54, 1.807) is 13.8 Å². The standard InChI is InChI=1S/C14H16BrN3O2S/c1-3-20-13(19)11-8(2)18(16)14(21)17-12(11)9-4-6-10(15)7-5-9/h4-7,12H,3,16H2,1-2H3,(H,17,21)/t12-/m1/s1. The van der Waals surface area contributed by atoms with Crippen LogP contribution in [0.4, 0.5) is 0 Å². The van der Waals surface area contributed by atoms with Gasteiger partial charge in [0.25, 0.3) is 0 Å². The van der Waals surface area contributed by atoms with E-state index in [1.807, 2.05) is 24.3 Å². The lowest BCUT2D eigenvalue weighted by Crippen LogP contribution is -2.50. The highest BCUT2D eigenvalue weighted by atomic mass is 79.9. The van der Waals surface area contributed by atoms with Crippen LogP contribution in [0.3, 0.4) is 0 Å². The first-order valence-electron chi connectivity index (χ1n) is 6.44. The zero-order chi connectivity index (χ0) is 15.6. The van der Waals surface area contributed by atoms with Crippen molar-refractivity contribution in [3.63, 3.8) is 0 Å². The van der Waals surface area contributed by atoms with Crippen LogP contribution in [0.5, 0.6) is 0 Å². The number of hydrogen-bond acceptors (Lipinski definition) is 4. The minimum atomic E-state index is -0.395. The molecule has 112 valence electrons. The second kappa shape index (κ2) is 6.55. The van der Waals surface area contributed by atoms with Gasteiger partial charge in [0.05, 0.1) is 18.2 Å². The average molecular weight is 370 g/mol. The number of nitrogens with zero attached hydrogens (tertiary/aromatic N) is 1. The van der Waals surface area contributed by atoms with Gasteiger partial charge in [-0.2, -0.15) is 0 Å². The van der Waals surface area contributed by atoms with Crippen LogP contribution in [-0.2, 0) is 9.53 Å². The van der Waals surface area contributed by atoms with Crippen molar-refractivity contribution in [3.05, 3.63) is 45.6 Å². The molecular weight excluding hydrogens is 354 g/mol. The monoisotopic (exact) mass is 369 g/mol. The fourth-order valence-corrected chi connectivity index (χ4v) is 2.65. The quantitative estimate of drug-likeness (QED) is 0.484. The molecule has 0 unspecified atom stereocenters. The molecule has 1 heterocycles. The summed E-state index contributed by atoms with van der Waals surface area (Å²) >= 11 is 8.60. The Hall–Kier alpha value is -1.44. The number of rotatable bonds is 3. The minimum Gasteiger partial charge on any atom is -0.463 e. The molecule has 1 atom stereocenters. The predicted octanol–water partition coefficient (Wildman–Crippen LogP) is 2.39. The highest BCUT2D eigenvalue weighted by molar-refractivity contribution is 9.10. The van der Waals surface area contributed by atoms with Crippen molar-refractivity contribution in [2.24, 2.45) is 5.84 Å². The van der Waals surface area contributed by atoms with E-state index in [4.69, 9.17) is 22.8 Å². The third-order valence-corrected chi connectivity index (χ3v) is 4.07. The molecule has 1 aliphatic heterocycles. The van der Waals surface area contributed by atoms with Gasteiger partial charge in [-0.3, -0.25) is 5.01 Å². The molecule has 0 aromatic heterocycles. The summed E-state index contributed by atoms with van der Waals surface area (Å²) in [5, 5.41) is 4.74. The topological polar surface area (TPSA) is 67.6 Å². The lowest BCUT2D eigenvalue weighted by molar-refractivity contribution is -0.139. The Morgan fingerprint density at radius 3 is 2.67 bits per heavy atom. The first-order chi connectivity index (χ1) is 9.95. The van der Waals surface area contributed by atoms with Crippen LogP contribution in [0.15, 0.2) is 40.0 Å². The Labute approximate surface area is 137 Å². The van der Waals surface area contributed by atoms with Crippen LogP contribution < -0.4 is 11.2 Å². The van der Waals surface area contributed by atoms with E-state index >= 15 is 0 Å². The van der Waals surface area contributed by atoms with Gasteiger partial charge in [0.2, 0.25) is 0 Å². The average Bonchev–Trinajstić information content (AvgIpc) is 2.45. The fraction of sp³-hybridized carbons (Fsp3) is 0.286. The van der Waals surface area contributed by atoms with Crippen LogP contribution in [0, 0.1) is 0 Å². The molecule has 0 aliphatic carbocycles. The first-order valence-corrected chi connectivity index (χ1v) is 7.64. The lowest BCUT2D eigenvalue weighted by atomic mass is 9.95. The molecule has 1 aromatic carbocycles. The third kappa shape index (κ3) is 3.25. The van der Waals surface area contributed by atoms with Crippen molar-refractivity contribution in [3.8, 4) is 0 Å². The zero-order valence-corrected chi connectivity index (χ0v) is 14.1. The largest absolute Gasteiger partial charge is 0.463 e. The Morgan fingerprint density at radius 2 is 2.10 bits per heavy atom. The van der Waals surface area contributed by atoms with E-state index in [2.05, 4.69) is 21.2 Å². The number of esters is 1. The predicted molar refractivity (Wildman–Crippen MR) is 88.0 cm³/mol. The number of nitrogens with one attached hydrogen (secondary N) is 1. The van der Waals surface area contributed by atoms with Gasteiger partial charge in [-0.15, -0.1) is 0 Å². The Bertz CT molecular complexity index is 601. The second-order valence-corrected chi connectivity index (χ2v) is 5.83. The summed E-state index contributed by atoms with van der Waals surface area (Å²) in [6.45, 7) is 3.83. The highest BCUT2D eigenvalue weighted by Gasteiger charge is 2.33. The number of nitrogens with two attached hydrogens (primary N) is 1. The molecule has 21 heavy (non-hydrogen) atoms. The number of thiocarbonyl (C=S) groups is 1. The number of hydrogen-bond donors (Lipinski definition) is 2. The summed E-state index contributed by atoms with van der Waals surface area (Å²) in [4.78, 5) is 12.3. The number of benzene rings is 1. The molecule has 5 nitrogen and oxygen atoms in total. The van der Waals surface area contributed by atoms with E-state index < -0.39 is 5.97 Å². The zero-order valence-electron chi connectivity index (χ0n) is 11.7. The van der Waals surface area contributed by atoms with E-state index in [0.717, 1.165) is 10.0 Å². The molecule has 0 saturated carbocycles. The smallest absolute Gasteiger partial charge is 0.338 e. The normalized spacial score (nSPS) is 18.6. The van der Waals surface area contributed by atoms with Crippen molar-refractivity contribution in [1.82, 2.24) is 10.3 Å². The van der Waals surface area contributed by atoms with Gasteiger partial charge < -0.3 is 10.1 Å². The molecular formula is C14H16BrN3O2S. The second-order valence-electron chi connectivity index (χ2n) is 4.52. The van der Waals surface area contributed by atoms with E-state index in [1.165, 1.54) is 5.01 Å². The molecule has 7 heteroatoms. The van der Waals surface area contributed by atoms with Crippen molar-refractivity contribution < 1.29 is 9.53 Å². The number of ether oxygens (including phenoxy) is 1. The van der Waals surface area contributed by atoms with Crippen LogP contribution >= 0.6 is 28.1 Å². The van der Waals surface area contributed by atoms with Gasteiger partial charge in [0, 0.05) is 10.2 Å². The molecule has 0 spiro atoms. The number of hydrazine groups is 1. The maximum absolute atomic E-state index is 12.3. The summed E-state index contributed by atoms with van der Waals surface area (Å²) in [5.74, 6) is 5.47. The van der Waals surface area contributed by atoms with Gasteiger partial charge in [-0.25, -0.2) is 10.6 Å². The van der Waals surface area contributed by atoms with Gasteiger partial charge in [0.1, 0.15) is 0 Å².